The van der Waals surface area contributed by atoms with Gasteiger partial charge in [-0.3, -0.25) is 0 Å². The van der Waals surface area contributed by atoms with Crippen molar-refractivity contribution in [3.05, 3.63) is 60.2 Å². The molecule has 0 amide bonds. The third-order valence-electron chi connectivity index (χ3n) is 2.90. The average molecular weight is 241 g/mol. The van der Waals surface area contributed by atoms with Gasteiger partial charge in [0.15, 0.2) is 0 Å². The first-order valence-electron chi connectivity index (χ1n) is 6.35. The van der Waals surface area contributed by atoms with E-state index in [9.17, 15) is 0 Å². The standard InChI is InChI=1S/C16H19NO/c1-2-14(17)11-13-7-6-10-16(12-13)18-15-8-4-3-5-9-15/h3-10,12,14H,2,11,17H2,1H3. The molecule has 2 aromatic rings. The molecule has 2 aromatic carbocycles. The average Bonchev–Trinajstić information content (AvgIpc) is 2.40. The zero-order valence-corrected chi connectivity index (χ0v) is 10.7. The maximum atomic E-state index is 5.97. The highest BCUT2D eigenvalue weighted by Gasteiger charge is 2.03. The van der Waals surface area contributed by atoms with E-state index in [1.165, 1.54) is 5.56 Å². The molecule has 0 spiro atoms. The van der Waals surface area contributed by atoms with Crippen LogP contribution in [0.15, 0.2) is 54.6 Å². The fourth-order valence-electron chi connectivity index (χ4n) is 1.81. The van der Waals surface area contributed by atoms with E-state index in [1.807, 2.05) is 42.5 Å². The van der Waals surface area contributed by atoms with Crippen molar-refractivity contribution >= 4 is 0 Å². The van der Waals surface area contributed by atoms with Crippen molar-refractivity contribution in [2.24, 2.45) is 5.73 Å². The molecule has 0 bridgehead atoms. The molecule has 0 aliphatic rings. The first-order chi connectivity index (χ1) is 8.78. The molecular formula is C16H19NO. The summed E-state index contributed by atoms with van der Waals surface area (Å²) in [7, 11) is 0. The van der Waals surface area contributed by atoms with E-state index in [2.05, 4.69) is 19.1 Å². The Morgan fingerprint density at radius 3 is 2.44 bits per heavy atom. The quantitative estimate of drug-likeness (QED) is 0.865. The van der Waals surface area contributed by atoms with Crippen molar-refractivity contribution in [3.8, 4) is 11.5 Å². The van der Waals surface area contributed by atoms with Gasteiger partial charge in [-0.25, -0.2) is 0 Å². The minimum atomic E-state index is 0.219. The maximum Gasteiger partial charge on any atom is 0.127 e. The van der Waals surface area contributed by atoms with Gasteiger partial charge in [0.1, 0.15) is 11.5 Å². The third kappa shape index (κ3) is 3.60. The molecule has 0 aliphatic carbocycles. The lowest BCUT2D eigenvalue weighted by atomic mass is 10.0. The molecule has 2 N–H and O–H groups in total. The van der Waals surface area contributed by atoms with E-state index in [4.69, 9.17) is 10.5 Å². The molecule has 0 aliphatic heterocycles. The second-order valence-corrected chi connectivity index (χ2v) is 4.43. The molecule has 0 saturated heterocycles. The van der Waals surface area contributed by atoms with Gasteiger partial charge >= 0.3 is 0 Å². The lowest BCUT2D eigenvalue weighted by molar-refractivity contribution is 0.481. The normalized spacial score (nSPS) is 12.1. The fourth-order valence-corrected chi connectivity index (χ4v) is 1.81. The highest BCUT2D eigenvalue weighted by molar-refractivity contribution is 5.34. The van der Waals surface area contributed by atoms with E-state index in [-0.39, 0.29) is 6.04 Å². The van der Waals surface area contributed by atoms with Crippen LogP contribution < -0.4 is 10.5 Å². The largest absolute Gasteiger partial charge is 0.457 e. The summed E-state index contributed by atoms with van der Waals surface area (Å²) in [6.07, 6.45) is 1.88. The lowest BCUT2D eigenvalue weighted by Crippen LogP contribution is -2.21. The van der Waals surface area contributed by atoms with Gasteiger partial charge in [-0.15, -0.1) is 0 Å². The smallest absolute Gasteiger partial charge is 0.127 e. The molecule has 2 nitrogen and oxygen atoms in total. The van der Waals surface area contributed by atoms with Crippen LogP contribution in [0.2, 0.25) is 0 Å². The Balaban J connectivity index is 2.08. The van der Waals surface area contributed by atoms with E-state index in [1.54, 1.807) is 0 Å². The summed E-state index contributed by atoms with van der Waals surface area (Å²) in [6.45, 7) is 2.11. The molecule has 1 atom stereocenters. The molecule has 0 aromatic heterocycles. The molecule has 0 heterocycles. The molecule has 2 rings (SSSR count). The van der Waals surface area contributed by atoms with Gasteiger partial charge < -0.3 is 10.5 Å². The monoisotopic (exact) mass is 241 g/mol. The molecule has 2 heteroatoms. The Kier molecular flexibility index (Phi) is 4.37. The number of rotatable bonds is 5. The first-order valence-corrected chi connectivity index (χ1v) is 6.35. The van der Waals surface area contributed by atoms with Crippen molar-refractivity contribution in [2.45, 2.75) is 25.8 Å². The highest BCUT2D eigenvalue weighted by atomic mass is 16.5. The van der Waals surface area contributed by atoms with Crippen molar-refractivity contribution in [3.63, 3.8) is 0 Å². The van der Waals surface area contributed by atoms with Crippen LogP contribution in [0, 0.1) is 0 Å². The fraction of sp³-hybridized carbons (Fsp3) is 0.250. The third-order valence-corrected chi connectivity index (χ3v) is 2.90. The number of benzene rings is 2. The van der Waals surface area contributed by atoms with Gasteiger partial charge in [0.2, 0.25) is 0 Å². The van der Waals surface area contributed by atoms with E-state index in [0.29, 0.717) is 0 Å². The number of para-hydroxylation sites is 1. The van der Waals surface area contributed by atoms with Gasteiger partial charge in [0.25, 0.3) is 0 Å². The van der Waals surface area contributed by atoms with Crippen LogP contribution in [0.4, 0.5) is 0 Å². The zero-order valence-electron chi connectivity index (χ0n) is 10.7. The number of hydrogen-bond donors (Lipinski definition) is 1. The van der Waals surface area contributed by atoms with E-state index >= 15 is 0 Å². The summed E-state index contributed by atoms with van der Waals surface area (Å²) in [5.41, 5.74) is 7.19. The first kappa shape index (κ1) is 12.7. The summed E-state index contributed by atoms with van der Waals surface area (Å²) in [5.74, 6) is 1.72. The van der Waals surface area contributed by atoms with E-state index in [0.717, 1.165) is 24.3 Å². The molecule has 94 valence electrons. The summed E-state index contributed by atoms with van der Waals surface area (Å²) in [6, 6.07) is 18.1. The summed E-state index contributed by atoms with van der Waals surface area (Å²) in [4.78, 5) is 0. The molecular weight excluding hydrogens is 222 g/mol. The minimum Gasteiger partial charge on any atom is -0.457 e. The SMILES string of the molecule is CCC(N)Cc1cccc(Oc2ccccc2)c1. The Morgan fingerprint density at radius 2 is 1.72 bits per heavy atom. The predicted molar refractivity (Wildman–Crippen MR) is 74.9 cm³/mol. The van der Waals surface area contributed by atoms with Crippen LogP contribution in [-0.4, -0.2) is 6.04 Å². The van der Waals surface area contributed by atoms with Gasteiger partial charge in [0.05, 0.1) is 0 Å². The molecule has 0 saturated carbocycles. The van der Waals surface area contributed by atoms with Crippen LogP contribution >= 0.6 is 0 Å². The number of nitrogens with two attached hydrogens (primary N) is 1. The maximum absolute atomic E-state index is 5.97. The summed E-state index contributed by atoms with van der Waals surface area (Å²) >= 11 is 0. The lowest BCUT2D eigenvalue weighted by Gasteiger charge is -2.10. The number of hydrogen-bond acceptors (Lipinski definition) is 2. The van der Waals surface area contributed by atoms with E-state index < -0.39 is 0 Å². The predicted octanol–water partition coefficient (Wildman–Crippen LogP) is 3.76. The van der Waals surface area contributed by atoms with Crippen molar-refractivity contribution in [1.29, 1.82) is 0 Å². The Hall–Kier alpha value is -1.80. The van der Waals surface area contributed by atoms with Crippen molar-refractivity contribution in [1.82, 2.24) is 0 Å². The van der Waals surface area contributed by atoms with Gasteiger partial charge in [-0.2, -0.15) is 0 Å². The Morgan fingerprint density at radius 1 is 1.00 bits per heavy atom. The molecule has 0 fully saturated rings. The van der Waals surface area contributed by atoms with Crippen LogP contribution in [0.25, 0.3) is 0 Å². The second-order valence-electron chi connectivity index (χ2n) is 4.43. The van der Waals surface area contributed by atoms with Gasteiger partial charge in [-0.1, -0.05) is 37.3 Å². The van der Waals surface area contributed by atoms with Crippen LogP contribution in [-0.2, 0) is 6.42 Å². The van der Waals surface area contributed by atoms with Crippen LogP contribution in [0.1, 0.15) is 18.9 Å². The number of ether oxygens (including phenoxy) is 1. The molecule has 18 heavy (non-hydrogen) atoms. The Bertz CT molecular complexity index is 481. The molecule has 1 unspecified atom stereocenters. The Labute approximate surface area is 108 Å². The van der Waals surface area contributed by atoms with Crippen molar-refractivity contribution < 1.29 is 4.74 Å². The topological polar surface area (TPSA) is 35.2 Å². The molecule has 0 radical (unpaired) electrons. The zero-order chi connectivity index (χ0) is 12.8. The summed E-state index contributed by atoms with van der Waals surface area (Å²) < 4.78 is 5.79. The van der Waals surface area contributed by atoms with Crippen LogP contribution in [0.5, 0.6) is 11.5 Å². The highest BCUT2D eigenvalue weighted by Crippen LogP contribution is 2.22. The van der Waals surface area contributed by atoms with Crippen molar-refractivity contribution in [2.75, 3.05) is 0 Å². The van der Waals surface area contributed by atoms with Gasteiger partial charge in [0, 0.05) is 6.04 Å². The minimum absolute atomic E-state index is 0.219. The second kappa shape index (κ2) is 6.22. The van der Waals surface area contributed by atoms with Gasteiger partial charge in [-0.05, 0) is 42.7 Å². The van der Waals surface area contributed by atoms with Crippen LogP contribution in [0.3, 0.4) is 0 Å². The summed E-state index contributed by atoms with van der Waals surface area (Å²) in [5, 5.41) is 0.